The Morgan fingerprint density at radius 1 is 1.50 bits per heavy atom. The van der Waals surface area contributed by atoms with E-state index in [1.807, 2.05) is 0 Å². The van der Waals surface area contributed by atoms with Crippen LogP contribution >= 0.6 is 11.6 Å². The highest BCUT2D eigenvalue weighted by molar-refractivity contribution is 6.54. The summed E-state index contributed by atoms with van der Waals surface area (Å²) in [5.74, 6) is -0.752. The summed E-state index contributed by atoms with van der Waals surface area (Å²) in [4.78, 5) is 28.2. The fraction of sp³-hybridized carbons (Fsp3) is 0.222. The van der Waals surface area contributed by atoms with Gasteiger partial charge in [0.2, 0.25) is 0 Å². The molecule has 0 saturated carbocycles. The predicted molar refractivity (Wildman–Crippen MR) is 51.6 cm³/mol. The van der Waals surface area contributed by atoms with E-state index in [1.54, 1.807) is 6.92 Å². The number of likely N-dealkylation sites (N-methyl/N-ethyl adjacent to an activating group) is 1. The van der Waals surface area contributed by atoms with Crippen molar-refractivity contribution in [2.24, 2.45) is 0 Å². The molecule has 1 amide bonds. The molecule has 0 unspecified atom stereocenters. The standard InChI is InChI=1S/C9H7ClN2O2/c1-2-12-8-6(7(13)9(12)14)5(10)3-4-11-8/h3-4H,2H2,1H3. The number of hydrogen-bond acceptors (Lipinski definition) is 3. The number of Topliss-reactive ketones (excluding diaryl/α,β-unsaturated/α-hetero) is 1. The van der Waals surface area contributed by atoms with Crippen LogP contribution in [-0.2, 0) is 4.79 Å². The average Bonchev–Trinajstić information content (AvgIpc) is 2.41. The molecule has 0 atom stereocenters. The number of ketones is 1. The van der Waals surface area contributed by atoms with E-state index < -0.39 is 11.7 Å². The fourth-order valence-corrected chi connectivity index (χ4v) is 1.69. The summed E-state index contributed by atoms with van der Waals surface area (Å²) in [5.41, 5.74) is 0.223. The van der Waals surface area contributed by atoms with E-state index in [1.165, 1.54) is 17.2 Å². The van der Waals surface area contributed by atoms with Gasteiger partial charge in [-0.2, -0.15) is 0 Å². The first-order chi connectivity index (χ1) is 6.66. The van der Waals surface area contributed by atoms with Crippen molar-refractivity contribution in [3.63, 3.8) is 0 Å². The largest absolute Gasteiger partial charge is 0.300 e. The maximum absolute atomic E-state index is 11.5. The Kier molecular flexibility index (Phi) is 2.00. The second kappa shape index (κ2) is 3.06. The molecular weight excluding hydrogens is 204 g/mol. The maximum Gasteiger partial charge on any atom is 0.300 e. The second-order valence-corrected chi connectivity index (χ2v) is 3.28. The molecule has 0 aromatic carbocycles. The van der Waals surface area contributed by atoms with Crippen LogP contribution in [0.25, 0.3) is 0 Å². The van der Waals surface area contributed by atoms with Gasteiger partial charge in [-0.25, -0.2) is 4.98 Å². The topological polar surface area (TPSA) is 50.3 Å². The molecule has 4 nitrogen and oxygen atoms in total. The van der Waals surface area contributed by atoms with Crippen LogP contribution < -0.4 is 4.90 Å². The SMILES string of the molecule is CCN1C(=O)C(=O)c2c(Cl)ccnc21. The first-order valence-electron chi connectivity index (χ1n) is 4.17. The quantitative estimate of drug-likeness (QED) is 0.657. The third-order valence-electron chi connectivity index (χ3n) is 2.12. The van der Waals surface area contributed by atoms with E-state index in [-0.39, 0.29) is 10.6 Å². The van der Waals surface area contributed by atoms with E-state index in [0.717, 1.165) is 0 Å². The van der Waals surface area contributed by atoms with Gasteiger partial charge in [-0.05, 0) is 13.0 Å². The Morgan fingerprint density at radius 3 is 2.86 bits per heavy atom. The number of rotatable bonds is 1. The molecular formula is C9H7ClN2O2. The van der Waals surface area contributed by atoms with Crippen molar-refractivity contribution in [2.75, 3.05) is 11.4 Å². The lowest BCUT2D eigenvalue weighted by molar-refractivity contribution is -0.114. The number of nitrogens with zero attached hydrogens (tertiary/aromatic N) is 2. The van der Waals surface area contributed by atoms with Gasteiger partial charge < -0.3 is 0 Å². The van der Waals surface area contributed by atoms with Crippen molar-refractivity contribution >= 4 is 29.1 Å². The van der Waals surface area contributed by atoms with Crippen LogP contribution in [0.5, 0.6) is 0 Å². The number of hydrogen-bond donors (Lipinski definition) is 0. The minimum Gasteiger partial charge on any atom is -0.289 e. The Morgan fingerprint density at radius 2 is 2.21 bits per heavy atom. The predicted octanol–water partition coefficient (Wildman–Crippen LogP) is 1.28. The van der Waals surface area contributed by atoms with E-state index in [2.05, 4.69) is 4.98 Å². The Bertz CT molecular complexity index is 431. The zero-order chi connectivity index (χ0) is 10.3. The van der Waals surface area contributed by atoms with Crippen LogP contribution in [0.3, 0.4) is 0 Å². The molecule has 1 aromatic heterocycles. The summed E-state index contributed by atoms with van der Waals surface area (Å²) in [5, 5.41) is 0.282. The maximum atomic E-state index is 11.5. The number of aromatic nitrogens is 1. The minimum absolute atomic E-state index is 0.223. The zero-order valence-corrected chi connectivity index (χ0v) is 8.21. The second-order valence-electron chi connectivity index (χ2n) is 2.87. The highest BCUT2D eigenvalue weighted by atomic mass is 35.5. The zero-order valence-electron chi connectivity index (χ0n) is 7.45. The highest BCUT2D eigenvalue weighted by Crippen LogP contribution is 2.31. The first kappa shape index (κ1) is 9.15. The molecule has 1 aliphatic rings. The summed E-state index contributed by atoms with van der Waals surface area (Å²) in [6.45, 7) is 2.20. The van der Waals surface area contributed by atoms with Crippen LogP contribution in [-0.4, -0.2) is 23.2 Å². The summed E-state index contributed by atoms with van der Waals surface area (Å²) < 4.78 is 0. The van der Waals surface area contributed by atoms with Gasteiger partial charge in [0.15, 0.2) is 0 Å². The Balaban J connectivity index is 2.67. The molecule has 1 aliphatic heterocycles. The summed E-state index contributed by atoms with van der Waals surface area (Å²) in [6.07, 6.45) is 1.48. The number of fused-ring (bicyclic) bond motifs is 1. The van der Waals surface area contributed by atoms with Crippen molar-refractivity contribution in [1.29, 1.82) is 0 Å². The molecule has 0 radical (unpaired) electrons. The number of carbonyl (C=O) groups excluding carboxylic acids is 2. The van der Waals surface area contributed by atoms with Gasteiger partial charge >= 0.3 is 5.91 Å². The number of halogens is 1. The molecule has 0 N–H and O–H groups in total. The van der Waals surface area contributed by atoms with Gasteiger partial charge in [0.25, 0.3) is 5.78 Å². The van der Waals surface area contributed by atoms with Crippen LogP contribution in [0.15, 0.2) is 12.3 Å². The summed E-state index contributed by atoms with van der Waals surface area (Å²) in [7, 11) is 0. The lowest BCUT2D eigenvalue weighted by Gasteiger charge is -2.11. The van der Waals surface area contributed by atoms with Gasteiger partial charge in [0.05, 0.1) is 10.6 Å². The molecule has 0 fully saturated rings. The van der Waals surface area contributed by atoms with Gasteiger partial charge in [-0.15, -0.1) is 0 Å². The minimum atomic E-state index is -0.569. The first-order valence-corrected chi connectivity index (χ1v) is 4.55. The molecule has 0 bridgehead atoms. The molecule has 5 heteroatoms. The third kappa shape index (κ3) is 1.04. The van der Waals surface area contributed by atoms with E-state index in [9.17, 15) is 9.59 Å². The molecule has 0 aliphatic carbocycles. The average molecular weight is 211 g/mol. The highest BCUT2D eigenvalue weighted by Gasteiger charge is 2.37. The van der Waals surface area contributed by atoms with Gasteiger partial charge in [-0.1, -0.05) is 11.6 Å². The van der Waals surface area contributed by atoms with Crippen molar-refractivity contribution in [2.45, 2.75) is 6.92 Å². The smallest absolute Gasteiger partial charge is 0.289 e. The normalized spacial score (nSPS) is 14.9. The molecule has 14 heavy (non-hydrogen) atoms. The lowest BCUT2D eigenvalue weighted by Crippen LogP contribution is -2.29. The number of carbonyl (C=O) groups is 2. The van der Waals surface area contributed by atoms with Gasteiger partial charge in [0, 0.05) is 12.7 Å². The van der Waals surface area contributed by atoms with Crippen LogP contribution in [0, 0.1) is 0 Å². The summed E-state index contributed by atoms with van der Waals surface area (Å²) in [6, 6.07) is 1.50. The lowest BCUT2D eigenvalue weighted by atomic mass is 10.2. The van der Waals surface area contributed by atoms with Crippen LogP contribution in [0.2, 0.25) is 5.02 Å². The molecule has 0 saturated heterocycles. The van der Waals surface area contributed by atoms with Gasteiger partial charge in [-0.3, -0.25) is 14.5 Å². The van der Waals surface area contributed by atoms with Crippen molar-refractivity contribution in [3.8, 4) is 0 Å². The monoisotopic (exact) mass is 210 g/mol. The molecule has 2 heterocycles. The number of pyridine rings is 1. The van der Waals surface area contributed by atoms with E-state index >= 15 is 0 Å². The van der Waals surface area contributed by atoms with E-state index in [4.69, 9.17) is 11.6 Å². The van der Waals surface area contributed by atoms with Crippen LogP contribution in [0.1, 0.15) is 17.3 Å². The Labute approximate surface area is 85.5 Å². The third-order valence-corrected chi connectivity index (χ3v) is 2.43. The number of anilines is 1. The van der Waals surface area contributed by atoms with Crippen molar-refractivity contribution in [1.82, 2.24) is 4.98 Å². The Hall–Kier alpha value is -1.42. The molecule has 72 valence electrons. The van der Waals surface area contributed by atoms with Crippen molar-refractivity contribution < 1.29 is 9.59 Å². The van der Waals surface area contributed by atoms with Crippen molar-refractivity contribution in [3.05, 3.63) is 22.8 Å². The molecule has 0 spiro atoms. The van der Waals surface area contributed by atoms with E-state index in [0.29, 0.717) is 12.4 Å². The van der Waals surface area contributed by atoms with Crippen LogP contribution in [0.4, 0.5) is 5.82 Å². The molecule has 2 rings (SSSR count). The van der Waals surface area contributed by atoms with Gasteiger partial charge in [0.1, 0.15) is 5.82 Å². The fourth-order valence-electron chi connectivity index (χ4n) is 1.46. The molecule has 1 aromatic rings. The summed E-state index contributed by atoms with van der Waals surface area (Å²) >= 11 is 5.81. The number of amides is 1.